The summed E-state index contributed by atoms with van der Waals surface area (Å²) in [6, 6.07) is 12.1. The van der Waals surface area contributed by atoms with Gasteiger partial charge in [0.15, 0.2) is 0 Å². The zero-order valence-electron chi connectivity index (χ0n) is 17.4. The summed E-state index contributed by atoms with van der Waals surface area (Å²) in [4.78, 5) is 29.0. The molecule has 0 bridgehead atoms. The highest BCUT2D eigenvalue weighted by molar-refractivity contribution is 5.95. The maximum absolute atomic E-state index is 13.4. The zero-order chi connectivity index (χ0) is 21.8. The van der Waals surface area contributed by atoms with Crippen LogP contribution in [0.15, 0.2) is 48.5 Å². The van der Waals surface area contributed by atoms with Gasteiger partial charge >= 0.3 is 5.97 Å². The van der Waals surface area contributed by atoms with Crippen molar-refractivity contribution in [3.8, 4) is 5.75 Å². The molecule has 2 aromatic carbocycles. The van der Waals surface area contributed by atoms with Crippen molar-refractivity contribution in [2.45, 2.75) is 25.3 Å². The van der Waals surface area contributed by atoms with Gasteiger partial charge in [-0.2, -0.15) is 0 Å². The summed E-state index contributed by atoms with van der Waals surface area (Å²) >= 11 is 0. The van der Waals surface area contributed by atoms with E-state index in [9.17, 15) is 19.1 Å². The molecule has 7 heteroatoms. The number of carbonyl (C=O) groups is 2. The molecule has 2 saturated heterocycles. The molecule has 0 unspecified atom stereocenters. The third kappa shape index (κ3) is 4.88. The van der Waals surface area contributed by atoms with Crippen LogP contribution < -0.4 is 4.74 Å². The minimum absolute atomic E-state index is 0.247. The minimum Gasteiger partial charge on any atom is -0.492 e. The Morgan fingerprint density at radius 2 is 1.81 bits per heavy atom. The highest BCUT2D eigenvalue weighted by Crippen LogP contribution is 2.38. The van der Waals surface area contributed by atoms with Gasteiger partial charge in [0.2, 0.25) is 0 Å². The van der Waals surface area contributed by atoms with Gasteiger partial charge in [-0.1, -0.05) is 18.2 Å². The molecule has 2 aliphatic heterocycles. The minimum atomic E-state index is -0.955. The number of benzene rings is 2. The maximum Gasteiger partial charge on any atom is 0.309 e. The number of rotatable bonds is 7. The number of ether oxygens (including phenoxy) is 1. The number of amides is 1. The molecule has 2 heterocycles. The monoisotopic (exact) mass is 426 g/mol. The molecule has 0 spiro atoms. The van der Waals surface area contributed by atoms with Gasteiger partial charge in [-0.15, -0.1) is 0 Å². The van der Waals surface area contributed by atoms with E-state index < -0.39 is 23.7 Å². The van der Waals surface area contributed by atoms with Crippen molar-refractivity contribution in [1.82, 2.24) is 9.80 Å². The van der Waals surface area contributed by atoms with E-state index in [1.807, 2.05) is 6.07 Å². The first-order valence-electron chi connectivity index (χ1n) is 10.8. The van der Waals surface area contributed by atoms with Gasteiger partial charge in [0.05, 0.1) is 12.0 Å². The maximum atomic E-state index is 13.4. The average molecular weight is 426 g/mol. The lowest BCUT2D eigenvalue weighted by atomic mass is 9.93. The van der Waals surface area contributed by atoms with Crippen LogP contribution in [0.3, 0.4) is 0 Å². The van der Waals surface area contributed by atoms with Crippen molar-refractivity contribution < 1.29 is 23.8 Å². The van der Waals surface area contributed by atoms with Crippen molar-refractivity contribution in [1.29, 1.82) is 0 Å². The lowest BCUT2D eigenvalue weighted by Crippen LogP contribution is -2.33. The number of likely N-dealkylation sites (tertiary alicyclic amines) is 2. The molecule has 2 aromatic rings. The molecular formula is C24H27FN2O4. The van der Waals surface area contributed by atoms with Crippen LogP contribution in [-0.4, -0.2) is 59.6 Å². The number of nitrogens with zero attached hydrogens (tertiary/aromatic N) is 2. The lowest BCUT2D eigenvalue weighted by molar-refractivity contribution is -0.142. The smallest absolute Gasteiger partial charge is 0.309 e. The van der Waals surface area contributed by atoms with Crippen LogP contribution in [0.4, 0.5) is 4.39 Å². The number of carboxylic acids is 1. The third-order valence-electron chi connectivity index (χ3n) is 6.14. The molecule has 2 fully saturated rings. The van der Waals surface area contributed by atoms with E-state index in [0.717, 1.165) is 19.6 Å². The predicted molar refractivity (Wildman–Crippen MR) is 114 cm³/mol. The molecule has 0 aromatic heterocycles. The first-order valence-corrected chi connectivity index (χ1v) is 10.8. The van der Waals surface area contributed by atoms with E-state index in [2.05, 4.69) is 4.90 Å². The van der Waals surface area contributed by atoms with E-state index in [1.165, 1.54) is 25.0 Å². The topological polar surface area (TPSA) is 70.1 Å². The number of carboxylic acid groups (broad SMARTS) is 1. The van der Waals surface area contributed by atoms with Gasteiger partial charge in [-0.3, -0.25) is 14.5 Å². The number of hydrogen-bond acceptors (Lipinski definition) is 4. The Hall–Kier alpha value is -2.93. The van der Waals surface area contributed by atoms with E-state index >= 15 is 0 Å². The SMILES string of the molecule is O=C(O)[C@@H]1CCN(C(=O)c2cccc(OCCN3CCCC3)c2)[C@@H]1c1ccc(F)cc1. The summed E-state index contributed by atoms with van der Waals surface area (Å²) in [7, 11) is 0. The molecule has 2 atom stereocenters. The number of aliphatic carboxylic acids is 1. The molecule has 1 N–H and O–H groups in total. The van der Waals surface area contributed by atoms with E-state index in [0.29, 0.717) is 36.4 Å². The van der Waals surface area contributed by atoms with E-state index in [1.54, 1.807) is 35.2 Å². The third-order valence-corrected chi connectivity index (χ3v) is 6.14. The molecule has 2 aliphatic rings. The summed E-state index contributed by atoms with van der Waals surface area (Å²) < 4.78 is 19.2. The second-order valence-corrected chi connectivity index (χ2v) is 8.15. The van der Waals surface area contributed by atoms with Gasteiger partial charge in [0.25, 0.3) is 5.91 Å². The summed E-state index contributed by atoms with van der Waals surface area (Å²) in [5.41, 5.74) is 1.08. The van der Waals surface area contributed by atoms with Crippen LogP contribution in [-0.2, 0) is 4.79 Å². The summed E-state index contributed by atoms with van der Waals surface area (Å²) in [6.45, 7) is 3.95. The predicted octanol–water partition coefficient (Wildman–Crippen LogP) is 3.59. The fourth-order valence-electron chi connectivity index (χ4n) is 4.53. The van der Waals surface area contributed by atoms with Gasteiger partial charge in [0, 0.05) is 18.7 Å². The Morgan fingerprint density at radius 1 is 1.06 bits per heavy atom. The summed E-state index contributed by atoms with van der Waals surface area (Å²) in [5, 5.41) is 9.66. The molecule has 164 valence electrons. The summed E-state index contributed by atoms with van der Waals surface area (Å²) in [6.07, 6.45) is 2.81. The second kappa shape index (κ2) is 9.47. The Bertz CT molecular complexity index is 927. The Labute approximate surface area is 181 Å². The van der Waals surface area contributed by atoms with Crippen molar-refractivity contribution in [3.05, 3.63) is 65.5 Å². The number of hydrogen-bond donors (Lipinski definition) is 1. The average Bonchev–Trinajstić information content (AvgIpc) is 3.44. The van der Waals surface area contributed by atoms with Gasteiger partial charge < -0.3 is 14.7 Å². The largest absolute Gasteiger partial charge is 0.492 e. The number of carbonyl (C=O) groups excluding carboxylic acids is 1. The lowest BCUT2D eigenvalue weighted by Gasteiger charge is -2.27. The standard InChI is InChI=1S/C24H27FN2O4/c25-19-8-6-17(7-9-19)22-21(24(29)30)10-13-27(22)23(28)18-4-3-5-20(16-18)31-15-14-26-11-1-2-12-26/h3-9,16,21-22H,1-2,10-15H2,(H,29,30)/t21-,22-/m1/s1. The Kier molecular flexibility index (Phi) is 6.51. The van der Waals surface area contributed by atoms with E-state index in [4.69, 9.17) is 4.74 Å². The molecule has 6 nitrogen and oxygen atoms in total. The van der Waals surface area contributed by atoms with Crippen LogP contribution in [0.25, 0.3) is 0 Å². The zero-order valence-corrected chi connectivity index (χ0v) is 17.4. The van der Waals surface area contributed by atoms with Gasteiger partial charge in [-0.05, 0) is 68.2 Å². The Balaban J connectivity index is 1.49. The van der Waals surface area contributed by atoms with Gasteiger partial charge in [0.1, 0.15) is 18.2 Å². The Morgan fingerprint density at radius 3 is 2.52 bits per heavy atom. The van der Waals surface area contributed by atoms with Crippen LogP contribution >= 0.6 is 0 Å². The fraction of sp³-hybridized carbons (Fsp3) is 0.417. The molecule has 0 saturated carbocycles. The van der Waals surface area contributed by atoms with Crippen molar-refractivity contribution in [2.75, 3.05) is 32.8 Å². The van der Waals surface area contributed by atoms with Crippen molar-refractivity contribution >= 4 is 11.9 Å². The molecule has 1 amide bonds. The van der Waals surface area contributed by atoms with Crippen LogP contribution in [0.1, 0.15) is 41.2 Å². The molecule has 31 heavy (non-hydrogen) atoms. The first kappa shape index (κ1) is 21.3. The van der Waals surface area contributed by atoms with Crippen LogP contribution in [0.5, 0.6) is 5.75 Å². The molecular weight excluding hydrogens is 399 g/mol. The normalized spacial score (nSPS) is 21.4. The molecule has 4 rings (SSSR count). The van der Waals surface area contributed by atoms with Gasteiger partial charge in [-0.25, -0.2) is 4.39 Å². The fourth-order valence-corrected chi connectivity index (χ4v) is 4.53. The van der Waals surface area contributed by atoms with Crippen LogP contribution in [0, 0.1) is 11.7 Å². The first-order chi connectivity index (χ1) is 15.0. The molecule has 0 radical (unpaired) electrons. The van der Waals surface area contributed by atoms with Crippen LogP contribution in [0.2, 0.25) is 0 Å². The molecule has 0 aliphatic carbocycles. The second-order valence-electron chi connectivity index (χ2n) is 8.15. The number of halogens is 1. The quantitative estimate of drug-likeness (QED) is 0.733. The highest BCUT2D eigenvalue weighted by atomic mass is 19.1. The van der Waals surface area contributed by atoms with E-state index in [-0.39, 0.29) is 5.91 Å². The van der Waals surface area contributed by atoms with Crippen molar-refractivity contribution in [2.24, 2.45) is 5.92 Å². The van der Waals surface area contributed by atoms with Crippen molar-refractivity contribution in [3.63, 3.8) is 0 Å². The highest BCUT2D eigenvalue weighted by Gasteiger charge is 2.42. The summed E-state index contributed by atoms with van der Waals surface area (Å²) in [5.74, 6) is -1.70.